The molecule has 2 aromatic heterocycles. The fraction of sp³-hybridized carbons (Fsp3) is 0.105. The average molecular weight is 382 g/mol. The molecule has 0 aliphatic rings. The molecule has 26 heavy (non-hydrogen) atoms. The van der Waals surface area contributed by atoms with Crippen molar-refractivity contribution < 1.29 is 0 Å². The molecule has 0 atom stereocenters. The summed E-state index contributed by atoms with van der Waals surface area (Å²) in [6.45, 7) is 2.61. The zero-order valence-electron chi connectivity index (χ0n) is 14.1. The fourth-order valence-corrected chi connectivity index (χ4v) is 3.27. The highest BCUT2D eigenvalue weighted by atomic mass is 35.5. The molecule has 0 saturated carbocycles. The van der Waals surface area contributed by atoms with Crippen molar-refractivity contribution in [1.82, 2.24) is 19.4 Å². The van der Waals surface area contributed by atoms with E-state index in [1.165, 1.54) is 5.56 Å². The van der Waals surface area contributed by atoms with Gasteiger partial charge in [-0.3, -0.25) is 5.10 Å². The Hall–Kier alpha value is -2.70. The van der Waals surface area contributed by atoms with E-state index in [9.17, 15) is 0 Å². The molecule has 2 aromatic carbocycles. The van der Waals surface area contributed by atoms with Gasteiger partial charge in [-0.1, -0.05) is 41.9 Å². The molecule has 0 bridgehead atoms. The zero-order chi connectivity index (χ0) is 18.1. The summed E-state index contributed by atoms with van der Waals surface area (Å²) in [6, 6.07) is 16.2. The number of aromatic amines is 1. The van der Waals surface area contributed by atoms with E-state index in [-0.39, 0.29) is 0 Å². The Balaban J connectivity index is 1.74. The predicted molar refractivity (Wildman–Crippen MR) is 108 cm³/mol. The summed E-state index contributed by atoms with van der Waals surface area (Å²) in [5, 5.41) is 13.2. The molecular weight excluding hydrogens is 366 g/mol. The molecule has 4 aromatic rings. The molecule has 130 valence electrons. The quantitative estimate of drug-likeness (QED) is 0.408. The predicted octanol–water partition coefficient (Wildman–Crippen LogP) is 4.79. The van der Waals surface area contributed by atoms with Crippen molar-refractivity contribution in [3.63, 3.8) is 0 Å². The SMILES string of the molecule is Cc1n[nH]c(=S)n1/N=C\c1cn(Cc2ccc(Cl)cc2)c2ccccc12. The van der Waals surface area contributed by atoms with E-state index >= 15 is 0 Å². The minimum Gasteiger partial charge on any atom is -0.342 e. The van der Waals surface area contributed by atoms with Gasteiger partial charge in [0.15, 0.2) is 0 Å². The van der Waals surface area contributed by atoms with E-state index in [0.29, 0.717) is 4.77 Å². The number of H-pyrrole nitrogens is 1. The Morgan fingerprint density at radius 1 is 1.19 bits per heavy atom. The number of para-hydroxylation sites is 1. The second-order valence-corrected chi connectivity index (χ2v) is 6.81. The van der Waals surface area contributed by atoms with Gasteiger partial charge in [0.25, 0.3) is 0 Å². The fourth-order valence-electron chi connectivity index (χ4n) is 2.92. The maximum absolute atomic E-state index is 5.99. The highest BCUT2D eigenvalue weighted by Gasteiger charge is 2.08. The smallest absolute Gasteiger partial charge is 0.216 e. The summed E-state index contributed by atoms with van der Waals surface area (Å²) in [5.41, 5.74) is 3.36. The number of aromatic nitrogens is 4. The summed E-state index contributed by atoms with van der Waals surface area (Å²) in [7, 11) is 0. The number of rotatable bonds is 4. The molecular formula is C19H16ClN5S. The second-order valence-electron chi connectivity index (χ2n) is 5.99. The lowest BCUT2D eigenvalue weighted by Crippen LogP contribution is -1.97. The van der Waals surface area contributed by atoms with Gasteiger partial charge in [0.1, 0.15) is 5.82 Å². The van der Waals surface area contributed by atoms with Crippen LogP contribution in [0.25, 0.3) is 10.9 Å². The molecule has 0 amide bonds. The van der Waals surface area contributed by atoms with Gasteiger partial charge < -0.3 is 4.57 Å². The van der Waals surface area contributed by atoms with Crippen molar-refractivity contribution in [1.29, 1.82) is 0 Å². The monoisotopic (exact) mass is 381 g/mol. The Labute approximate surface area is 160 Å². The van der Waals surface area contributed by atoms with Gasteiger partial charge in [0.2, 0.25) is 4.77 Å². The van der Waals surface area contributed by atoms with E-state index in [0.717, 1.165) is 33.9 Å². The first-order valence-electron chi connectivity index (χ1n) is 8.12. The Bertz CT molecular complexity index is 1150. The second kappa shape index (κ2) is 6.90. The van der Waals surface area contributed by atoms with E-state index in [2.05, 4.69) is 38.2 Å². The Morgan fingerprint density at radius 3 is 2.69 bits per heavy atom. The number of benzene rings is 2. The van der Waals surface area contributed by atoms with Crippen molar-refractivity contribution in [2.24, 2.45) is 5.10 Å². The van der Waals surface area contributed by atoms with Gasteiger partial charge in [-0.15, -0.1) is 0 Å². The van der Waals surface area contributed by atoms with E-state index in [4.69, 9.17) is 23.8 Å². The number of hydrogen-bond acceptors (Lipinski definition) is 3. The molecule has 4 rings (SSSR count). The number of aryl methyl sites for hydroxylation is 1. The molecule has 0 aliphatic carbocycles. The van der Waals surface area contributed by atoms with Crippen LogP contribution in [0.5, 0.6) is 0 Å². The Morgan fingerprint density at radius 2 is 1.96 bits per heavy atom. The van der Waals surface area contributed by atoms with E-state index in [1.807, 2.05) is 49.5 Å². The first-order valence-corrected chi connectivity index (χ1v) is 8.91. The Kier molecular flexibility index (Phi) is 4.44. The van der Waals surface area contributed by atoms with Gasteiger partial charge in [0.05, 0.1) is 6.21 Å². The maximum Gasteiger partial charge on any atom is 0.216 e. The lowest BCUT2D eigenvalue weighted by Gasteiger charge is -2.05. The average Bonchev–Trinajstić information content (AvgIpc) is 3.16. The van der Waals surface area contributed by atoms with Gasteiger partial charge in [-0.2, -0.15) is 14.9 Å². The van der Waals surface area contributed by atoms with Crippen LogP contribution in [0.1, 0.15) is 17.0 Å². The summed E-state index contributed by atoms with van der Waals surface area (Å²) in [4.78, 5) is 0. The van der Waals surface area contributed by atoms with Crippen molar-refractivity contribution in [3.8, 4) is 0 Å². The van der Waals surface area contributed by atoms with Gasteiger partial charge >= 0.3 is 0 Å². The van der Waals surface area contributed by atoms with Gasteiger partial charge in [0, 0.05) is 34.2 Å². The van der Waals surface area contributed by atoms with Crippen molar-refractivity contribution in [2.75, 3.05) is 0 Å². The van der Waals surface area contributed by atoms with Crippen LogP contribution in [0.3, 0.4) is 0 Å². The summed E-state index contributed by atoms with van der Waals surface area (Å²) in [6.07, 6.45) is 3.92. The first-order chi connectivity index (χ1) is 12.6. The van der Waals surface area contributed by atoms with Crippen molar-refractivity contribution >= 4 is 40.9 Å². The topological polar surface area (TPSA) is 50.9 Å². The van der Waals surface area contributed by atoms with Crippen molar-refractivity contribution in [2.45, 2.75) is 13.5 Å². The largest absolute Gasteiger partial charge is 0.342 e. The minimum absolute atomic E-state index is 0.476. The van der Waals surface area contributed by atoms with Crippen LogP contribution in [-0.4, -0.2) is 25.7 Å². The highest BCUT2D eigenvalue weighted by molar-refractivity contribution is 7.71. The van der Waals surface area contributed by atoms with Crippen LogP contribution in [0.4, 0.5) is 0 Å². The summed E-state index contributed by atoms with van der Waals surface area (Å²) in [5.74, 6) is 0.719. The first kappa shape index (κ1) is 16.8. The minimum atomic E-state index is 0.476. The van der Waals surface area contributed by atoms with Crippen molar-refractivity contribution in [3.05, 3.63) is 81.5 Å². The van der Waals surface area contributed by atoms with E-state index < -0.39 is 0 Å². The van der Waals surface area contributed by atoms with Crippen LogP contribution in [0.15, 0.2) is 59.8 Å². The van der Waals surface area contributed by atoms with E-state index in [1.54, 1.807) is 4.68 Å². The third-order valence-electron chi connectivity index (χ3n) is 4.21. The maximum atomic E-state index is 5.99. The molecule has 0 unspecified atom stereocenters. The third kappa shape index (κ3) is 3.21. The highest BCUT2D eigenvalue weighted by Crippen LogP contribution is 2.22. The lowest BCUT2D eigenvalue weighted by molar-refractivity contribution is 0.819. The van der Waals surface area contributed by atoms with Crippen LogP contribution < -0.4 is 0 Å². The van der Waals surface area contributed by atoms with Crippen LogP contribution in [-0.2, 0) is 6.54 Å². The number of nitrogens with one attached hydrogen (secondary N) is 1. The zero-order valence-corrected chi connectivity index (χ0v) is 15.6. The third-order valence-corrected chi connectivity index (χ3v) is 4.73. The normalized spacial score (nSPS) is 11.6. The van der Waals surface area contributed by atoms with Crippen LogP contribution in [0.2, 0.25) is 5.02 Å². The summed E-state index contributed by atoms with van der Waals surface area (Å²) >= 11 is 11.2. The lowest BCUT2D eigenvalue weighted by atomic mass is 10.2. The van der Waals surface area contributed by atoms with Gasteiger partial charge in [-0.05, 0) is 42.9 Å². The molecule has 0 aliphatic heterocycles. The van der Waals surface area contributed by atoms with Crippen LogP contribution >= 0.6 is 23.8 Å². The molecule has 0 radical (unpaired) electrons. The molecule has 1 N–H and O–H groups in total. The summed E-state index contributed by atoms with van der Waals surface area (Å²) < 4.78 is 4.30. The standard InChI is InChI=1S/C19H16ClN5S/c1-13-22-23-19(26)25(13)21-10-15-12-24(18-5-3-2-4-17(15)18)11-14-6-8-16(20)9-7-14/h2-10,12H,11H2,1H3,(H,23,26)/b21-10-. The molecule has 0 spiro atoms. The number of nitrogens with zero attached hydrogens (tertiary/aromatic N) is 4. The molecule has 5 nitrogen and oxygen atoms in total. The molecule has 0 saturated heterocycles. The number of hydrogen-bond donors (Lipinski definition) is 1. The molecule has 0 fully saturated rings. The van der Waals surface area contributed by atoms with Crippen LogP contribution in [0, 0.1) is 11.7 Å². The molecule has 2 heterocycles. The number of fused-ring (bicyclic) bond motifs is 1. The molecule has 7 heteroatoms. The number of halogens is 1. The van der Waals surface area contributed by atoms with Gasteiger partial charge in [-0.25, -0.2) is 0 Å².